The molecule has 0 spiro atoms. The van der Waals surface area contributed by atoms with Crippen LogP contribution in [0.5, 0.6) is 0 Å². The summed E-state index contributed by atoms with van der Waals surface area (Å²) in [6, 6.07) is 9.09. The molecule has 0 unspecified atom stereocenters. The van der Waals surface area contributed by atoms with E-state index in [-0.39, 0.29) is 0 Å². The highest BCUT2D eigenvalue weighted by Crippen LogP contribution is 2.42. The van der Waals surface area contributed by atoms with E-state index in [2.05, 4.69) is 4.99 Å². The maximum atomic E-state index is 11.2. The predicted octanol–water partition coefficient (Wildman–Crippen LogP) is 3.96. The third-order valence-corrected chi connectivity index (χ3v) is 4.35. The van der Waals surface area contributed by atoms with Crippen LogP contribution in [0.4, 0.5) is 5.69 Å². The van der Waals surface area contributed by atoms with E-state index in [1.54, 1.807) is 6.07 Å². The molecule has 2 heterocycles. The van der Waals surface area contributed by atoms with E-state index in [1.165, 1.54) is 24.5 Å². The second-order valence-corrected chi connectivity index (χ2v) is 6.01. The van der Waals surface area contributed by atoms with Crippen LogP contribution in [0.1, 0.15) is 16.0 Å². The Balaban J connectivity index is 2.37. The van der Waals surface area contributed by atoms with Crippen molar-refractivity contribution in [2.24, 2.45) is 4.99 Å². The van der Waals surface area contributed by atoms with Crippen LogP contribution >= 0.6 is 22.9 Å². The summed E-state index contributed by atoms with van der Waals surface area (Å²) in [4.78, 5) is 16.4. The Bertz CT molecular complexity index is 792. The van der Waals surface area contributed by atoms with Gasteiger partial charge in [-0.1, -0.05) is 29.8 Å². The van der Waals surface area contributed by atoms with Gasteiger partial charge in [0.2, 0.25) is 5.90 Å². The Morgan fingerprint density at radius 2 is 2.14 bits per heavy atom. The average Bonchev–Trinajstić information content (AvgIpc) is 2.79. The van der Waals surface area contributed by atoms with E-state index in [0.717, 1.165) is 10.4 Å². The molecular formula is C15H10ClNO3S. The molecule has 106 valence electrons. The summed E-state index contributed by atoms with van der Waals surface area (Å²) in [5.41, 5.74) is 2.70. The molecule has 2 aromatic rings. The molecule has 0 aliphatic carbocycles. The Morgan fingerprint density at radius 3 is 2.86 bits per heavy atom. The third-order valence-electron chi connectivity index (χ3n) is 3.05. The van der Waals surface area contributed by atoms with E-state index in [1.807, 2.05) is 24.3 Å². The molecule has 3 rings (SSSR count). The number of carboxylic acid groups (broad SMARTS) is 1. The van der Waals surface area contributed by atoms with E-state index in [0.29, 0.717) is 27.1 Å². The number of rotatable bonds is 1. The first-order chi connectivity index (χ1) is 10.1. The molecule has 4 nitrogen and oxygen atoms in total. The molecule has 1 aromatic carbocycles. The highest BCUT2D eigenvalue weighted by molar-refractivity contribution is 7.17. The maximum Gasteiger partial charge on any atom is 0.328 e. The number of thiophene rings is 1. The predicted molar refractivity (Wildman–Crippen MR) is 83.7 cm³/mol. The fraction of sp³-hybridized carbons (Fsp3) is 0.0667. The maximum absolute atomic E-state index is 11.2. The number of hydrogen-bond acceptors (Lipinski definition) is 4. The molecule has 0 saturated carbocycles. The molecule has 1 aliphatic rings. The highest BCUT2D eigenvalue weighted by atomic mass is 35.5. The molecule has 1 aromatic heterocycles. The number of carboxylic acids is 1. The zero-order valence-corrected chi connectivity index (χ0v) is 12.5. The minimum atomic E-state index is -1.02. The summed E-state index contributed by atoms with van der Waals surface area (Å²) in [7, 11) is 1.53. The number of ether oxygens (including phenoxy) is 1. The molecular weight excluding hydrogens is 310 g/mol. The van der Waals surface area contributed by atoms with Crippen LogP contribution < -0.4 is 0 Å². The zero-order valence-electron chi connectivity index (χ0n) is 11.0. The van der Waals surface area contributed by atoms with E-state index >= 15 is 0 Å². The Hall–Kier alpha value is -2.11. The van der Waals surface area contributed by atoms with Gasteiger partial charge >= 0.3 is 5.97 Å². The van der Waals surface area contributed by atoms with Crippen molar-refractivity contribution in [1.82, 2.24) is 0 Å². The van der Waals surface area contributed by atoms with Crippen molar-refractivity contribution in [3.8, 4) is 0 Å². The lowest BCUT2D eigenvalue weighted by molar-refractivity contribution is -0.131. The lowest BCUT2D eigenvalue weighted by atomic mass is 10.0. The lowest BCUT2D eigenvalue weighted by Crippen LogP contribution is -2.03. The van der Waals surface area contributed by atoms with Crippen LogP contribution in [-0.4, -0.2) is 24.1 Å². The van der Waals surface area contributed by atoms with Crippen molar-refractivity contribution in [2.45, 2.75) is 0 Å². The number of para-hydroxylation sites is 1. The van der Waals surface area contributed by atoms with Gasteiger partial charge < -0.3 is 9.84 Å². The van der Waals surface area contributed by atoms with Crippen LogP contribution in [0.2, 0.25) is 4.34 Å². The van der Waals surface area contributed by atoms with Crippen LogP contribution in [0.15, 0.2) is 41.4 Å². The number of aliphatic imine (C=N–C) groups is 1. The fourth-order valence-electron chi connectivity index (χ4n) is 2.23. The Morgan fingerprint density at radius 1 is 1.38 bits per heavy atom. The quantitative estimate of drug-likeness (QED) is 0.809. The van der Waals surface area contributed by atoms with Gasteiger partial charge in [0.25, 0.3) is 0 Å². The topological polar surface area (TPSA) is 58.9 Å². The number of aliphatic carboxylic acids is 1. The zero-order chi connectivity index (χ0) is 15.0. The first kappa shape index (κ1) is 13.9. The number of carbonyl (C=O) groups is 1. The minimum Gasteiger partial charge on any atom is -0.481 e. The second-order valence-electron chi connectivity index (χ2n) is 4.33. The number of fused-ring (bicyclic) bond motifs is 2. The van der Waals surface area contributed by atoms with Crippen molar-refractivity contribution in [1.29, 1.82) is 0 Å². The highest BCUT2D eigenvalue weighted by Gasteiger charge is 2.24. The average molecular weight is 320 g/mol. The lowest BCUT2D eigenvalue weighted by Gasteiger charge is -2.06. The normalized spacial score (nSPS) is 15.0. The van der Waals surface area contributed by atoms with Crippen LogP contribution in [0, 0.1) is 0 Å². The van der Waals surface area contributed by atoms with Gasteiger partial charge in [0, 0.05) is 22.1 Å². The van der Waals surface area contributed by atoms with Crippen LogP contribution in [0.25, 0.3) is 5.57 Å². The smallest absolute Gasteiger partial charge is 0.328 e. The van der Waals surface area contributed by atoms with Crippen molar-refractivity contribution in [3.63, 3.8) is 0 Å². The Labute approximate surface area is 130 Å². The first-order valence-electron chi connectivity index (χ1n) is 6.07. The third kappa shape index (κ3) is 2.46. The molecule has 6 heteroatoms. The van der Waals surface area contributed by atoms with Gasteiger partial charge in [-0.15, -0.1) is 11.3 Å². The molecule has 0 fully saturated rings. The van der Waals surface area contributed by atoms with Crippen molar-refractivity contribution < 1.29 is 14.6 Å². The molecule has 0 bridgehead atoms. The van der Waals surface area contributed by atoms with Gasteiger partial charge in [0.15, 0.2) is 0 Å². The number of methoxy groups -OCH3 is 1. The summed E-state index contributed by atoms with van der Waals surface area (Å²) in [6.45, 7) is 0. The molecule has 0 atom stereocenters. The van der Waals surface area contributed by atoms with Gasteiger partial charge in [0.1, 0.15) is 0 Å². The molecule has 1 aliphatic heterocycles. The summed E-state index contributed by atoms with van der Waals surface area (Å²) in [5, 5.41) is 9.17. The standard InChI is InChI=1S/C15H10ClNO3S/c1-20-15-10-6-12(16)21-14(10)9(7-13(18)19)8-4-2-3-5-11(8)17-15/h2-7H,1H3,(H,18,19)/b9-7+. The molecule has 0 amide bonds. The molecule has 0 radical (unpaired) electrons. The van der Waals surface area contributed by atoms with E-state index in [4.69, 9.17) is 21.4 Å². The first-order valence-corrected chi connectivity index (χ1v) is 7.26. The molecule has 0 saturated heterocycles. The SMILES string of the molecule is COC1=Nc2ccccc2/C(=C\C(=O)O)c2sc(Cl)cc21. The fourth-order valence-corrected chi connectivity index (χ4v) is 3.48. The minimum absolute atomic E-state index is 0.425. The van der Waals surface area contributed by atoms with Crippen molar-refractivity contribution in [3.05, 3.63) is 56.7 Å². The van der Waals surface area contributed by atoms with Crippen molar-refractivity contribution >= 4 is 46.1 Å². The van der Waals surface area contributed by atoms with Gasteiger partial charge in [-0.2, -0.15) is 0 Å². The van der Waals surface area contributed by atoms with E-state index in [9.17, 15) is 4.79 Å². The van der Waals surface area contributed by atoms with E-state index < -0.39 is 5.97 Å². The summed E-state index contributed by atoms with van der Waals surface area (Å²) < 4.78 is 5.90. The number of halogens is 1. The summed E-state index contributed by atoms with van der Waals surface area (Å²) >= 11 is 7.40. The molecule has 1 N–H and O–H groups in total. The van der Waals surface area contributed by atoms with Crippen molar-refractivity contribution in [2.75, 3.05) is 7.11 Å². The van der Waals surface area contributed by atoms with Gasteiger partial charge in [0.05, 0.1) is 22.7 Å². The largest absolute Gasteiger partial charge is 0.481 e. The van der Waals surface area contributed by atoms with Crippen LogP contribution in [-0.2, 0) is 9.53 Å². The molecule has 21 heavy (non-hydrogen) atoms. The number of benzene rings is 1. The number of hydrogen-bond donors (Lipinski definition) is 1. The van der Waals surface area contributed by atoms with Crippen LogP contribution in [0.3, 0.4) is 0 Å². The Kier molecular flexibility index (Phi) is 3.53. The second kappa shape index (κ2) is 5.35. The van der Waals surface area contributed by atoms with Gasteiger partial charge in [-0.25, -0.2) is 9.79 Å². The number of nitrogens with zero attached hydrogens (tertiary/aromatic N) is 1. The summed E-state index contributed by atoms with van der Waals surface area (Å²) in [5.74, 6) is -0.592. The summed E-state index contributed by atoms with van der Waals surface area (Å²) in [6.07, 6.45) is 1.18. The van der Waals surface area contributed by atoms with Gasteiger partial charge in [-0.05, 0) is 12.1 Å². The monoisotopic (exact) mass is 319 g/mol. The van der Waals surface area contributed by atoms with Gasteiger partial charge in [-0.3, -0.25) is 0 Å².